The highest BCUT2D eigenvalue weighted by Gasteiger charge is 2.36. The van der Waals surface area contributed by atoms with Crippen LogP contribution in [0.2, 0.25) is 0 Å². The Bertz CT molecular complexity index is 391. The molecule has 104 valence electrons. The Morgan fingerprint density at radius 2 is 1.63 bits per heavy atom. The molecule has 0 radical (unpaired) electrons. The summed E-state index contributed by atoms with van der Waals surface area (Å²) in [5, 5.41) is 9.56. The standard InChI is InChI=1S/C18H26O/c19-14-18(11-4-12-18)13-15-7-9-17(10-8-15)16-5-2-1-3-6-16/h7-10,16,19H,1-6,11-14H2. The van der Waals surface area contributed by atoms with Crippen molar-refractivity contribution in [2.24, 2.45) is 5.41 Å². The number of rotatable bonds is 4. The number of aliphatic hydroxyl groups is 1. The van der Waals surface area contributed by atoms with Gasteiger partial charge in [0.25, 0.3) is 0 Å². The third-order valence-corrected chi connectivity index (χ3v) is 5.39. The van der Waals surface area contributed by atoms with Crippen LogP contribution < -0.4 is 0 Å². The zero-order valence-corrected chi connectivity index (χ0v) is 11.9. The monoisotopic (exact) mass is 258 g/mol. The van der Waals surface area contributed by atoms with Gasteiger partial charge in [0, 0.05) is 6.61 Å². The van der Waals surface area contributed by atoms with Crippen molar-refractivity contribution in [3.05, 3.63) is 35.4 Å². The lowest BCUT2D eigenvalue weighted by Crippen LogP contribution is -2.35. The summed E-state index contributed by atoms with van der Waals surface area (Å²) in [6.07, 6.45) is 11.7. The summed E-state index contributed by atoms with van der Waals surface area (Å²) in [4.78, 5) is 0. The predicted octanol–water partition coefficient (Wildman–Crippen LogP) is 4.44. The molecule has 0 aliphatic heterocycles. The molecule has 1 nitrogen and oxygen atoms in total. The minimum absolute atomic E-state index is 0.215. The molecule has 2 aliphatic carbocycles. The highest BCUT2D eigenvalue weighted by Crippen LogP contribution is 2.43. The normalized spacial score (nSPS) is 23.0. The number of benzene rings is 1. The Hall–Kier alpha value is -0.820. The summed E-state index contributed by atoms with van der Waals surface area (Å²) in [6, 6.07) is 9.30. The number of hydrogen-bond acceptors (Lipinski definition) is 1. The van der Waals surface area contributed by atoms with Gasteiger partial charge >= 0.3 is 0 Å². The van der Waals surface area contributed by atoms with Gasteiger partial charge in [0.1, 0.15) is 0 Å². The summed E-state index contributed by atoms with van der Waals surface area (Å²) in [5.41, 5.74) is 3.16. The third-order valence-electron chi connectivity index (χ3n) is 5.39. The smallest absolute Gasteiger partial charge is 0.0490 e. The highest BCUT2D eigenvalue weighted by atomic mass is 16.3. The molecule has 0 bridgehead atoms. The van der Waals surface area contributed by atoms with Gasteiger partial charge in [-0.3, -0.25) is 0 Å². The van der Waals surface area contributed by atoms with Gasteiger partial charge in [-0.25, -0.2) is 0 Å². The zero-order chi connectivity index (χ0) is 13.1. The maximum absolute atomic E-state index is 9.56. The van der Waals surface area contributed by atoms with Gasteiger partial charge in [-0.1, -0.05) is 49.9 Å². The molecular weight excluding hydrogens is 232 g/mol. The van der Waals surface area contributed by atoms with Crippen LogP contribution in [0.4, 0.5) is 0 Å². The first-order valence-electron chi connectivity index (χ1n) is 8.01. The molecule has 0 saturated heterocycles. The fourth-order valence-electron chi connectivity index (χ4n) is 3.84. The van der Waals surface area contributed by atoms with Crippen molar-refractivity contribution in [3.8, 4) is 0 Å². The predicted molar refractivity (Wildman–Crippen MR) is 79.3 cm³/mol. The molecule has 0 spiro atoms. The van der Waals surface area contributed by atoms with Crippen LogP contribution in [0.15, 0.2) is 24.3 Å². The summed E-state index contributed by atoms with van der Waals surface area (Å²) < 4.78 is 0. The Labute approximate surface area is 117 Å². The van der Waals surface area contributed by atoms with Gasteiger partial charge in [0.15, 0.2) is 0 Å². The Morgan fingerprint density at radius 3 is 2.16 bits per heavy atom. The maximum Gasteiger partial charge on any atom is 0.0490 e. The Morgan fingerprint density at radius 1 is 0.947 bits per heavy atom. The van der Waals surface area contributed by atoms with E-state index in [0.29, 0.717) is 6.61 Å². The molecule has 2 aliphatic rings. The van der Waals surface area contributed by atoms with E-state index in [4.69, 9.17) is 0 Å². The van der Waals surface area contributed by atoms with Crippen molar-refractivity contribution >= 4 is 0 Å². The average Bonchev–Trinajstić information content (AvgIpc) is 2.45. The first kappa shape index (κ1) is 13.2. The maximum atomic E-state index is 9.56. The van der Waals surface area contributed by atoms with Gasteiger partial charge in [-0.15, -0.1) is 0 Å². The van der Waals surface area contributed by atoms with Crippen molar-refractivity contribution in [3.63, 3.8) is 0 Å². The lowest BCUT2D eigenvalue weighted by Gasteiger charge is -2.40. The lowest BCUT2D eigenvalue weighted by atomic mass is 9.66. The van der Waals surface area contributed by atoms with Crippen LogP contribution in [-0.4, -0.2) is 11.7 Å². The zero-order valence-electron chi connectivity index (χ0n) is 11.9. The van der Waals surface area contributed by atoms with Crippen molar-refractivity contribution in [1.82, 2.24) is 0 Å². The molecule has 0 heterocycles. The SMILES string of the molecule is OCC1(Cc2ccc(C3CCCCC3)cc2)CCC1. The molecule has 0 atom stereocenters. The molecular formula is C18H26O. The molecule has 1 heteroatoms. The van der Waals surface area contributed by atoms with Gasteiger partial charge in [-0.2, -0.15) is 0 Å². The van der Waals surface area contributed by atoms with E-state index in [1.165, 1.54) is 62.5 Å². The van der Waals surface area contributed by atoms with Crippen LogP contribution in [0.3, 0.4) is 0 Å². The van der Waals surface area contributed by atoms with Crippen LogP contribution in [0, 0.1) is 5.41 Å². The summed E-state index contributed by atoms with van der Waals surface area (Å²) in [6.45, 7) is 0.359. The minimum atomic E-state index is 0.215. The fourth-order valence-corrected chi connectivity index (χ4v) is 3.84. The van der Waals surface area contributed by atoms with Gasteiger partial charge in [-0.05, 0) is 54.6 Å². The van der Waals surface area contributed by atoms with Gasteiger partial charge in [0.2, 0.25) is 0 Å². The first-order chi connectivity index (χ1) is 9.31. The van der Waals surface area contributed by atoms with Crippen LogP contribution in [0.1, 0.15) is 68.4 Å². The quantitative estimate of drug-likeness (QED) is 0.846. The van der Waals surface area contributed by atoms with Crippen LogP contribution in [0.5, 0.6) is 0 Å². The Kier molecular flexibility index (Phi) is 3.93. The van der Waals surface area contributed by atoms with E-state index in [0.717, 1.165) is 12.3 Å². The van der Waals surface area contributed by atoms with Crippen molar-refractivity contribution in [1.29, 1.82) is 0 Å². The second-order valence-electron chi connectivity index (χ2n) is 6.76. The lowest BCUT2D eigenvalue weighted by molar-refractivity contribution is 0.0450. The average molecular weight is 258 g/mol. The van der Waals surface area contributed by atoms with Crippen LogP contribution in [0.25, 0.3) is 0 Å². The van der Waals surface area contributed by atoms with Crippen LogP contribution >= 0.6 is 0 Å². The topological polar surface area (TPSA) is 20.2 Å². The van der Waals surface area contributed by atoms with E-state index in [9.17, 15) is 5.11 Å². The van der Waals surface area contributed by atoms with E-state index in [-0.39, 0.29) is 5.41 Å². The fraction of sp³-hybridized carbons (Fsp3) is 0.667. The minimum Gasteiger partial charge on any atom is -0.396 e. The van der Waals surface area contributed by atoms with E-state index in [1.54, 1.807) is 0 Å². The van der Waals surface area contributed by atoms with Crippen LogP contribution in [-0.2, 0) is 6.42 Å². The van der Waals surface area contributed by atoms with E-state index < -0.39 is 0 Å². The molecule has 3 rings (SSSR count). The Balaban J connectivity index is 1.65. The van der Waals surface area contributed by atoms with Gasteiger partial charge in [0.05, 0.1) is 0 Å². The summed E-state index contributed by atoms with van der Waals surface area (Å²) in [7, 11) is 0. The van der Waals surface area contributed by atoms with E-state index >= 15 is 0 Å². The molecule has 1 aromatic rings. The number of hydrogen-bond donors (Lipinski definition) is 1. The van der Waals surface area contributed by atoms with E-state index in [2.05, 4.69) is 24.3 Å². The third kappa shape index (κ3) is 2.86. The molecule has 2 fully saturated rings. The first-order valence-corrected chi connectivity index (χ1v) is 8.01. The van der Waals surface area contributed by atoms with Gasteiger partial charge < -0.3 is 5.11 Å². The molecule has 2 saturated carbocycles. The van der Waals surface area contributed by atoms with Crippen molar-refractivity contribution in [2.75, 3.05) is 6.61 Å². The number of aliphatic hydroxyl groups excluding tert-OH is 1. The molecule has 0 unspecified atom stereocenters. The summed E-state index contributed by atoms with van der Waals surface area (Å²) in [5.74, 6) is 0.804. The molecule has 19 heavy (non-hydrogen) atoms. The molecule has 0 amide bonds. The second-order valence-corrected chi connectivity index (χ2v) is 6.76. The molecule has 1 N–H and O–H groups in total. The largest absolute Gasteiger partial charge is 0.396 e. The van der Waals surface area contributed by atoms with Crippen molar-refractivity contribution < 1.29 is 5.11 Å². The molecule has 0 aromatic heterocycles. The van der Waals surface area contributed by atoms with E-state index in [1.807, 2.05) is 0 Å². The highest BCUT2D eigenvalue weighted by molar-refractivity contribution is 5.27. The second kappa shape index (κ2) is 5.66. The summed E-state index contributed by atoms with van der Waals surface area (Å²) >= 11 is 0. The molecule has 1 aromatic carbocycles. The van der Waals surface area contributed by atoms with Crippen molar-refractivity contribution in [2.45, 2.75) is 63.7 Å².